The zero-order valence-electron chi connectivity index (χ0n) is 19.9. The van der Waals surface area contributed by atoms with Crippen molar-refractivity contribution in [3.05, 3.63) is 60.6 Å². The van der Waals surface area contributed by atoms with E-state index >= 15 is 0 Å². The highest BCUT2D eigenvalue weighted by Gasteiger charge is 2.20. The fourth-order valence-corrected chi connectivity index (χ4v) is 3.78. The maximum absolute atomic E-state index is 11.9. The number of nitrogens with zero attached hydrogens (tertiary/aromatic N) is 4. The van der Waals surface area contributed by atoms with Gasteiger partial charge in [-0.05, 0) is 49.6 Å². The van der Waals surface area contributed by atoms with Crippen LogP contribution in [0.1, 0.15) is 18.4 Å². The van der Waals surface area contributed by atoms with Gasteiger partial charge in [-0.3, -0.25) is 9.48 Å². The SMILES string of the molecule is Cc1ccc2nc(Nc3cc(OCCNC(=O)CNC4CC4)cc(-c4cnn(C)c4)c3)ncc2c1. The third-order valence-electron chi connectivity index (χ3n) is 5.76. The summed E-state index contributed by atoms with van der Waals surface area (Å²) in [4.78, 5) is 21.1. The highest BCUT2D eigenvalue weighted by Crippen LogP contribution is 2.30. The van der Waals surface area contributed by atoms with Crippen LogP contribution in [-0.2, 0) is 11.8 Å². The van der Waals surface area contributed by atoms with Crippen LogP contribution in [0.5, 0.6) is 5.75 Å². The van der Waals surface area contributed by atoms with Crippen LogP contribution in [0.2, 0.25) is 0 Å². The number of aryl methyl sites for hydroxylation is 2. The van der Waals surface area contributed by atoms with E-state index in [0.717, 1.165) is 40.6 Å². The molecule has 180 valence electrons. The van der Waals surface area contributed by atoms with Gasteiger partial charge < -0.3 is 20.7 Å². The molecule has 1 fully saturated rings. The van der Waals surface area contributed by atoms with Gasteiger partial charge in [0, 0.05) is 48.2 Å². The smallest absolute Gasteiger partial charge is 0.234 e. The summed E-state index contributed by atoms with van der Waals surface area (Å²) in [6.45, 7) is 3.18. The highest BCUT2D eigenvalue weighted by atomic mass is 16.5. The Hall–Kier alpha value is -3.98. The fraction of sp³-hybridized carbons (Fsp3) is 0.308. The monoisotopic (exact) mass is 471 g/mol. The molecule has 3 N–H and O–H groups in total. The average Bonchev–Trinajstić information content (AvgIpc) is 3.58. The second kappa shape index (κ2) is 10.1. The molecule has 1 amide bonds. The molecule has 2 heterocycles. The van der Waals surface area contributed by atoms with Crippen molar-refractivity contribution in [2.24, 2.45) is 7.05 Å². The molecule has 5 rings (SSSR count). The van der Waals surface area contributed by atoms with E-state index in [1.54, 1.807) is 4.68 Å². The molecule has 35 heavy (non-hydrogen) atoms. The molecule has 0 bridgehead atoms. The van der Waals surface area contributed by atoms with Crippen LogP contribution in [-0.4, -0.2) is 51.4 Å². The van der Waals surface area contributed by atoms with Gasteiger partial charge in [-0.25, -0.2) is 9.97 Å². The second-order valence-electron chi connectivity index (χ2n) is 8.88. The standard InChI is InChI=1S/C26H29N7O2/c1-17-3-6-24-19(9-17)13-29-26(32-24)31-22-10-18(20-14-30-33(2)16-20)11-23(12-22)35-8-7-27-25(34)15-28-21-4-5-21/h3,6,9-14,16,21,28H,4-5,7-8,15H2,1-2H3,(H,27,34)(H,29,31,32). The van der Waals surface area contributed by atoms with Crippen molar-refractivity contribution in [2.75, 3.05) is 25.0 Å². The molecular formula is C26H29N7O2. The van der Waals surface area contributed by atoms with E-state index < -0.39 is 0 Å². The van der Waals surface area contributed by atoms with Gasteiger partial charge in [0.15, 0.2) is 0 Å². The predicted octanol–water partition coefficient (Wildman–Crippen LogP) is 3.33. The molecule has 0 spiro atoms. The lowest BCUT2D eigenvalue weighted by molar-refractivity contribution is -0.120. The summed E-state index contributed by atoms with van der Waals surface area (Å²) in [5, 5.41) is 14.7. The molecule has 0 saturated heterocycles. The van der Waals surface area contributed by atoms with Gasteiger partial charge in [-0.1, -0.05) is 11.6 Å². The first-order valence-corrected chi connectivity index (χ1v) is 11.8. The lowest BCUT2D eigenvalue weighted by Gasteiger charge is -2.13. The Labute approximate surface area is 203 Å². The minimum absolute atomic E-state index is 0.0180. The van der Waals surface area contributed by atoms with E-state index in [9.17, 15) is 4.79 Å². The van der Waals surface area contributed by atoms with Crippen LogP contribution in [0.3, 0.4) is 0 Å². The van der Waals surface area contributed by atoms with Crippen molar-refractivity contribution in [1.29, 1.82) is 0 Å². The lowest BCUT2D eigenvalue weighted by Crippen LogP contribution is -2.36. The number of fused-ring (bicyclic) bond motifs is 1. The number of anilines is 2. The molecule has 2 aromatic carbocycles. The molecular weight excluding hydrogens is 442 g/mol. The van der Waals surface area contributed by atoms with Crippen LogP contribution in [0, 0.1) is 6.92 Å². The van der Waals surface area contributed by atoms with Crippen LogP contribution < -0.4 is 20.7 Å². The Morgan fingerprint density at radius 3 is 2.83 bits per heavy atom. The number of ether oxygens (including phenoxy) is 1. The molecule has 2 aromatic heterocycles. The van der Waals surface area contributed by atoms with E-state index in [-0.39, 0.29) is 5.91 Å². The van der Waals surface area contributed by atoms with Crippen molar-refractivity contribution < 1.29 is 9.53 Å². The Kier molecular flexibility index (Phi) is 6.58. The van der Waals surface area contributed by atoms with Gasteiger partial charge in [0.2, 0.25) is 11.9 Å². The van der Waals surface area contributed by atoms with Crippen molar-refractivity contribution in [3.63, 3.8) is 0 Å². The van der Waals surface area contributed by atoms with E-state index in [1.807, 2.05) is 62.9 Å². The van der Waals surface area contributed by atoms with E-state index in [2.05, 4.69) is 37.1 Å². The Bertz CT molecular complexity index is 1350. The number of hydrogen-bond donors (Lipinski definition) is 3. The number of nitrogens with one attached hydrogen (secondary N) is 3. The molecule has 0 unspecified atom stereocenters. The Morgan fingerprint density at radius 2 is 2.03 bits per heavy atom. The van der Waals surface area contributed by atoms with Crippen LogP contribution in [0.25, 0.3) is 22.0 Å². The van der Waals surface area contributed by atoms with Crippen molar-refractivity contribution >= 4 is 28.4 Å². The zero-order valence-corrected chi connectivity index (χ0v) is 19.9. The molecule has 1 aliphatic carbocycles. The highest BCUT2D eigenvalue weighted by molar-refractivity contribution is 5.80. The first-order chi connectivity index (χ1) is 17.0. The third kappa shape index (κ3) is 6.13. The number of aromatic nitrogens is 4. The fourth-order valence-electron chi connectivity index (χ4n) is 3.78. The maximum Gasteiger partial charge on any atom is 0.234 e. The van der Waals surface area contributed by atoms with Gasteiger partial charge in [0.1, 0.15) is 12.4 Å². The van der Waals surface area contributed by atoms with E-state index in [4.69, 9.17) is 4.74 Å². The zero-order chi connectivity index (χ0) is 24.2. The summed E-state index contributed by atoms with van der Waals surface area (Å²) in [6, 6.07) is 12.5. The predicted molar refractivity (Wildman–Crippen MR) is 136 cm³/mol. The summed E-state index contributed by atoms with van der Waals surface area (Å²) >= 11 is 0. The maximum atomic E-state index is 11.9. The summed E-state index contributed by atoms with van der Waals surface area (Å²) in [6.07, 6.45) is 7.89. The lowest BCUT2D eigenvalue weighted by atomic mass is 10.1. The van der Waals surface area contributed by atoms with Gasteiger partial charge in [-0.15, -0.1) is 0 Å². The van der Waals surface area contributed by atoms with Crippen LogP contribution >= 0.6 is 0 Å². The Balaban J connectivity index is 1.29. The van der Waals surface area contributed by atoms with Crippen LogP contribution in [0.4, 0.5) is 11.6 Å². The third-order valence-corrected chi connectivity index (χ3v) is 5.76. The first kappa shape index (κ1) is 22.8. The minimum atomic E-state index is -0.0180. The van der Waals surface area contributed by atoms with Crippen molar-refractivity contribution in [1.82, 2.24) is 30.4 Å². The van der Waals surface area contributed by atoms with Gasteiger partial charge in [0.05, 0.1) is 24.8 Å². The quantitative estimate of drug-likeness (QED) is 0.305. The van der Waals surface area contributed by atoms with Gasteiger partial charge >= 0.3 is 0 Å². The second-order valence-corrected chi connectivity index (χ2v) is 8.88. The summed E-state index contributed by atoms with van der Waals surface area (Å²) in [5.74, 6) is 1.16. The number of amides is 1. The molecule has 9 nitrogen and oxygen atoms in total. The number of carbonyl (C=O) groups excluding carboxylic acids is 1. The van der Waals surface area contributed by atoms with E-state index in [0.29, 0.717) is 37.4 Å². The number of carbonyl (C=O) groups is 1. The number of benzene rings is 2. The summed E-state index contributed by atoms with van der Waals surface area (Å²) < 4.78 is 7.74. The molecule has 4 aromatic rings. The normalized spacial score (nSPS) is 13.1. The largest absolute Gasteiger partial charge is 0.492 e. The summed E-state index contributed by atoms with van der Waals surface area (Å²) in [5.41, 5.74) is 4.76. The molecule has 0 radical (unpaired) electrons. The van der Waals surface area contributed by atoms with E-state index in [1.165, 1.54) is 5.56 Å². The van der Waals surface area contributed by atoms with Crippen molar-refractivity contribution in [3.8, 4) is 16.9 Å². The first-order valence-electron chi connectivity index (χ1n) is 11.8. The summed E-state index contributed by atoms with van der Waals surface area (Å²) in [7, 11) is 1.88. The number of hydrogen-bond acceptors (Lipinski definition) is 7. The van der Waals surface area contributed by atoms with Gasteiger partial charge in [0.25, 0.3) is 0 Å². The topological polar surface area (TPSA) is 106 Å². The van der Waals surface area contributed by atoms with Crippen LogP contribution in [0.15, 0.2) is 55.0 Å². The average molecular weight is 472 g/mol. The Morgan fingerprint density at radius 1 is 1.14 bits per heavy atom. The number of rotatable bonds is 10. The molecule has 1 aliphatic rings. The molecule has 1 saturated carbocycles. The molecule has 0 atom stereocenters. The molecule has 9 heteroatoms. The van der Waals surface area contributed by atoms with Gasteiger partial charge in [-0.2, -0.15) is 5.10 Å². The minimum Gasteiger partial charge on any atom is -0.492 e. The molecule has 0 aliphatic heterocycles. The van der Waals surface area contributed by atoms with Crippen molar-refractivity contribution in [2.45, 2.75) is 25.8 Å².